The first kappa shape index (κ1) is 13.1. The summed E-state index contributed by atoms with van der Waals surface area (Å²) in [6, 6.07) is 7.80. The van der Waals surface area contributed by atoms with Crippen LogP contribution in [0, 0.1) is 5.82 Å². The third kappa shape index (κ3) is 2.76. The van der Waals surface area contributed by atoms with Crippen LogP contribution in [0.1, 0.15) is 25.1 Å². The Labute approximate surface area is 110 Å². The van der Waals surface area contributed by atoms with E-state index in [2.05, 4.69) is 9.97 Å². The number of benzene rings is 1. The summed E-state index contributed by atoms with van der Waals surface area (Å²) in [5.41, 5.74) is 0.731. The van der Waals surface area contributed by atoms with Gasteiger partial charge in [0.15, 0.2) is 0 Å². The quantitative estimate of drug-likeness (QED) is 0.918. The van der Waals surface area contributed by atoms with E-state index in [1.165, 1.54) is 12.3 Å². The molecule has 1 atom stereocenters. The van der Waals surface area contributed by atoms with Crippen molar-refractivity contribution in [3.8, 4) is 11.3 Å². The summed E-state index contributed by atoms with van der Waals surface area (Å²) in [5.74, 6) is -1.94. The summed E-state index contributed by atoms with van der Waals surface area (Å²) in [6.45, 7) is 1.75. The molecule has 1 aromatic heterocycles. The Bertz CT molecular complexity index is 602. The first-order chi connectivity index (χ1) is 9.13. The SMILES string of the molecule is CCC(C(=O)O)c1nccc(-c2ccccc2F)n1. The summed E-state index contributed by atoms with van der Waals surface area (Å²) >= 11 is 0. The minimum atomic E-state index is -0.979. The predicted octanol–water partition coefficient (Wildman–Crippen LogP) is 2.86. The van der Waals surface area contributed by atoms with Crippen LogP contribution in [0.5, 0.6) is 0 Å². The highest BCUT2D eigenvalue weighted by Gasteiger charge is 2.21. The van der Waals surface area contributed by atoms with Gasteiger partial charge in [0, 0.05) is 11.8 Å². The highest BCUT2D eigenvalue weighted by Crippen LogP contribution is 2.23. The smallest absolute Gasteiger partial charge is 0.314 e. The van der Waals surface area contributed by atoms with Crippen LogP contribution >= 0.6 is 0 Å². The number of hydrogen-bond acceptors (Lipinski definition) is 3. The molecule has 1 N–H and O–H groups in total. The standard InChI is InChI=1S/C14H13FN2O2/c1-2-9(14(18)19)13-16-8-7-12(17-13)10-5-3-4-6-11(10)15/h3-9H,2H2,1H3,(H,18,19). The molecule has 0 aliphatic rings. The fraction of sp³-hybridized carbons (Fsp3) is 0.214. The van der Waals surface area contributed by atoms with Crippen LogP contribution in [0.4, 0.5) is 4.39 Å². The molecule has 19 heavy (non-hydrogen) atoms. The number of hydrogen-bond donors (Lipinski definition) is 1. The first-order valence-electron chi connectivity index (χ1n) is 5.94. The molecule has 98 valence electrons. The Morgan fingerprint density at radius 1 is 1.37 bits per heavy atom. The van der Waals surface area contributed by atoms with Crippen molar-refractivity contribution in [3.63, 3.8) is 0 Å². The molecule has 2 aromatic rings. The maximum Gasteiger partial charge on any atom is 0.314 e. The number of rotatable bonds is 4. The van der Waals surface area contributed by atoms with Crippen molar-refractivity contribution in [2.45, 2.75) is 19.3 Å². The molecule has 1 heterocycles. The average Bonchev–Trinajstić information content (AvgIpc) is 2.40. The number of carbonyl (C=O) groups is 1. The van der Waals surface area contributed by atoms with Gasteiger partial charge in [-0.3, -0.25) is 4.79 Å². The molecular weight excluding hydrogens is 247 g/mol. The molecule has 0 bridgehead atoms. The molecule has 0 spiro atoms. The van der Waals surface area contributed by atoms with Crippen LogP contribution in [-0.4, -0.2) is 21.0 Å². The number of carboxylic acid groups (broad SMARTS) is 1. The van der Waals surface area contributed by atoms with Crippen LogP contribution in [0.2, 0.25) is 0 Å². The molecule has 5 heteroatoms. The Balaban J connectivity index is 2.45. The maximum absolute atomic E-state index is 13.7. The van der Waals surface area contributed by atoms with Gasteiger partial charge in [-0.1, -0.05) is 19.1 Å². The second-order valence-corrected chi connectivity index (χ2v) is 4.08. The van der Waals surface area contributed by atoms with Crippen LogP contribution < -0.4 is 0 Å². The average molecular weight is 260 g/mol. The van der Waals surface area contributed by atoms with Crippen molar-refractivity contribution < 1.29 is 14.3 Å². The summed E-state index contributed by atoms with van der Waals surface area (Å²) in [7, 11) is 0. The zero-order valence-electron chi connectivity index (χ0n) is 10.4. The molecule has 0 fully saturated rings. The lowest BCUT2D eigenvalue weighted by Crippen LogP contribution is -2.14. The van der Waals surface area contributed by atoms with E-state index < -0.39 is 17.7 Å². The van der Waals surface area contributed by atoms with Gasteiger partial charge in [-0.25, -0.2) is 14.4 Å². The zero-order chi connectivity index (χ0) is 13.8. The Morgan fingerprint density at radius 3 is 2.74 bits per heavy atom. The third-order valence-electron chi connectivity index (χ3n) is 2.84. The lowest BCUT2D eigenvalue weighted by molar-refractivity contribution is -0.139. The summed E-state index contributed by atoms with van der Waals surface area (Å²) < 4.78 is 13.7. The minimum absolute atomic E-state index is 0.204. The van der Waals surface area contributed by atoms with Crippen molar-refractivity contribution in [1.29, 1.82) is 0 Å². The predicted molar refractivity (Wildman–Crippen MR) is 68.1 cm³/mol. The topological polar surface area (TPSA) is 63.1 Å². The van der Waals surface area contributed by atoms with E-state index in [-0.39, 0.29) is 5.82 Å². The van der Waals surface area contributed by atoms with Gasteiger partial charge in [0.25, 0.3) is 0 Å². The Morgan fingerprint density at radius 2 is 2.11 bits per heavy atom. The van der Waals surface area contributed by atoms with Crippen LogP contribution in [0.25, 0.3) is 11.3 Å². The van der Waals surface area contributed by atoms with E-state index in [0.717, 1.165) is 0 Å². The normalized spacial score (nSPS) is 12.1. The third-order valence-corrected chi connectivity index (χ3v) is 2.84. The summed E-state index contributed by atoms with van der Waals surface area (Å²) in [4.78, 5) is 19.2. The molecule has 4 nitrogen and oxygen atoms in total. The van der Waals surface area contributed by atoms with Gasteiger partial charge in [-0.15, -0.1) is 0 Å². The van der Waals surface area contributed by atoms with Crippen LogP contribution in [0.15, 0.2) is 36.5 Å². The molecule has 0 saturated carbocycles. The van der Waals surface area contributed by atoms with Crippen LogP contribution in [-0.2, 0) is 4.79 Å². The second-order valence-electron chi connectivity index (χ2n) is 4.08. The number of carboxylic acids is 1. The fourth-order valence-corrected chi connectivity index (χ4v) is 1.83. The molecule has 1 unspecified atom stereocenters. The van der Waals surface area contributed by atoms with Gasteiger partial charge in [0.1, 0.15) is 17.6 Å². The number of aromatic nitrogens is 2. The monoisotopic (exact) mass is 260 g/mol. The van der Waals surface area contributed by atoms with E-state index in [0.29, 0.717) is 17.7 Å². The molecule has 0 radical (unpaired) electrons. The molecule has 0 saturated heterocycles. The van der Waals surface area contributed by atoms with Crippen molar-refractivity contribution >= 4 is 5.97 Å². The fourth-order valence-electron chi connectivity index (χ4n) is 1.83. The largest absolute Gasteiger partial charge is 0.481 e. The zero-order valence-corrected chi connectivity index (χ0v) is 10.4. The second kappa shape index (κ2) is 5.56. The summed E-state index contributed by atoms with van der Waals surface area (Å²) in [6.07, 6.45) is 1.84. The van der Waals surface area contributed by atoms with Gasteiger partial charge < -0.3 is 5.11 Å². The molecule has 0 amide bonds. The van der Waals surface area contributed by atoms with Crippen LogP contribution in [0.3, 0.4) is 0 Å². The number of halogens is 1. The van der Waals surface area contributed by atoms with Gasteiger partial charge >= 0.3 is 5.97 Å². The van der Waals surface area contributed by atoms with E-state index in [1.807, 2.05) is 0 Å². The Kier molecular flexibility index (Phi) is 3.85. The maximum atomic E-state index is 13.7. The Hall–Kier alpha value is -2.30. The number of aliphatic carboxylic acids is 1. The molecule has 0 aliphatic carbocycles. The van der Waals surface area contributed by atoms with Crippen molar-refractivity contribution in [3.05, 3.63) is 48.2 Å². The van der Waals surface area contributed by atoms with Crippen molar-refractivity contribution in [2.75, 3.05) is 0 Å². The van der Waals surface area contributed by atoms with Gasteiger partial charge in [-0.2, -0.15) is 0 Å². The van der Waals surface area contributed by atoms with Gasteiger partial charge in [0.2, 0.25) is 0 Å². The summed E-state index contributed by atoms with van der Waals surface area (Å²) in [5, 5.41) is 9.09. The van der Waals surface area contributed by atoms with E-state index in [9.17, 15) is 9.18 Å². The van der Waals surface area contributed by atoms with Crippen molar-refractivity contribution in [2.24, 2.45) is 0 Å². The lowest BCUT2D eigenvalue weighted by atomic mass is 10.1. The molecule has 1 aromatic carbocycles. The van der Waals surface area contributed by atoms with Gasteiger partial charge in [-0.05, 0) is 24.6 Å². The number of nitrogens with zero attached hydrogens (tertiary/aromatic N) is 2. The highest BCUT2D eigenvalue weighted by molar-refractivity contribution is 5.75. The highest BCUT2D eigenvalue weighted by atomic mass is 19.1. The molecule has 0 aliphatic heterocycles. The van der Waals surface area contributed by atoms with Crippen molar-refractivity contribution in [1.82, 2.24) is 9.97 Å². The van der Waals surface area contributed by atoms with E-state index >= 15 is 0 Å². The molecule has 2 rings (SSSR count). The lowest BCUT2D eigenvalue weighted by Gasteiger charge is -2.09. The minimum Gasteiger partial charge on any atom is -0.481 e. The van der Waals surface area contributed by atoms with E-state index in [4.69, 9.17) is 5.11 Å². The molecular formula is C14H13FN2O2. The van der Waals surface area contributed by atoms with Gasteiger partial charge in [0.05, 0.1) is 5.69 Å². The first-order valence-corrected chi connectivity index (χ1v) is 5.94. The van der Waals surface area contributed by atoms with E-state index in [1.54, 1.807) is 31.2 Å².